The van der Waals surface area contributed by atoms with Crippen LogP contribution in [0.3, 0.4) is 0 Å². The van der Waals surface area contributed by atoms with E-state index in [9.17, 15) is 0 Å². The molecule has 0 aliphatic heterocycles. The van der Waals surface area contributed by atoms with Crippen molar-refractivity contribution in [1.29, 1.82) is 0 Å². The predicted octanol–water partition coefficient (Wildman–Crippen LogP) is 2.40. The van der Waals surface area contributed by atoms with Gasteiger partial charge in [0.25, 0.3) is 0 Å². The third kappa shape index (κ3) is 9.28. The number of nitrogens with zero attached hydrogens (tertiary/aromatic N) is 1. The summed E-state index contributed by atoms with van der Waals surface area (Å²) in [5.41, 5.74) is 0. The van der Waals surface area contributed by atoms with Gasteiger partial charge in [0.05, 0.1) is 6.10 Å². The van der Waals surface area contributed by atoms with Crippen LogP contribution in [0.2, 0.25) is 0 Å². The van der Waals surface area contributed by atoms with Crippen LogP contribution in [0.25, 0.3) is 0 Å². The first kappa shape index (κ1) is 17.2. The topological polar surface area (TPSA) is 45.7 Å². The molecule has 0 rings (SSSR count). The van der Waals surface area contributed by atoms with Gasteiger partial charge in [0.1, 0.15) is 0 Å². The fourth-order valence-corrected chi connectivity index (χ4v) is 1.28. The van der Waals surface area contributed by atoms with Crippen LogP contribution in [0, 0.1) is 5.92 Å². The van der Waals surface area contributed by atoms with Gasteiger partial charge in [-0.1, -0.05) is 13.8 Å². The second-order valence-electron chi connectivity index (χ2n) is 5.21. The Morgan fingerprint density at radius 2 is 1.83 bits per heavy atom. The number of rotatable bonds is 8. The van der Waals surface area contributed by atoms with E-state index in [1.165, 1.54) is 0 Å². The van der Waals surface area contributed by atoms with E-state index in [4.69, 9.17) is 4.74 Å². The first-order valence-electron chi connectivity index (χ1n) is 7.13. The van der Waals surface area contributed by atoms with Gasteiger partial charge in [-0.2, -0.15) is 0 Å². The highest BCUT2D eigenvalue weighted by Crippen LogP contribution is 1.99. The average molecular weight is 257 g/mol. The summed E-state index contributed by atoms with van der Waals surface area (Å²) in [7, 11) is 0. The molecule has 4 heteroatoms. The van der Waals surface area contributed by atoms with E-state index in [0.717, 1.165) is 32.1 Å². The number of nitrogens with one attached hydrogen (secondary N) is 2. The summed E-state index contributed by atoms with van der Waals surface area (Å²) >= 11 is 0. The van der Waals surface area contributed by atoms with Crippen molar-refractivity contribution in [1.82, 2.24) is 10.6 Å². The van der Waals surface area contributed by atoms with Crippen molar-refractivity contribution in [3.63, 3.8) is 0 Å². The van der Waals surface area contributed by atoms with Crippen molar-refractivity contribution in [3.05, 3.63) is 0 Å². The second kappa shape index (κ2) is 10.2. The Morgan fingerprint density at radius 3 is 2.33 bits per heavy atom. The molecule has 2 N–H and O–H groups in total. The van der Waals surface area contributed by atoms with Crippen molar-refractivity contribution in [2.75, 3.05) is 19.7 Å². The number of guanidine groups is 1. The molecule has 0 saturated carbocycles. The summed E-state index contributed by atoms with van der Waals surface area (Å²) in [6.45, 7) is 15.2. The molecule has 18 heavy (non-hydrogen) atoms. The molecule has 0 aliphatic carbocycles. The molecule has 0 fully saturated rings. The van der Waals surface area contributed by atoms with Crippen molar-refractivity contribution < 1.29 is 4.74 Å². The highest BCUT2D eigenvalue weighted by molar-refractivity contribution is 5.80. The van der Waals surface area contributed by atoms with Crippen molar-refractivity contribution in [3.8, 4) is 0 Å². The number of hydrogen-bond acceptors (Lipinski definition) is 2. The van der Waals surface area contributed by atoms with Gasteiger partial charge in [-0.3, -0.25) is 4.99 Å². The highest BCUT2D eigenvalue weighted by atomic mass is 16.5. The third-order valence-corrected chi connectivity index (χ3v) is 2.73. The Bertz CT molecular complexity index is 227. The summed E-state index contributed by atoms with van der Waals surface area (Å²) in [6.07, 6.45) is 1.27. The average Bonchev–Trinajstić information content (AvgIpc) is 2.28. The zero-order chi connectivity index (χ0) is 14.0. The minimum atomic E-state index is 0.307. The van der Waals surface area contributed by atoms with Gasteiger partial charge in [0.15, 0.2) is 5.96 Å². The molecular weight excluding hydrogens is 226 g/mol. The zero-order valence-corrected chi connectivity index (χ0v) is 12.9. The Kier molecular flexibility index (Phi) is 9.74. The lowest BCUT2D eigenvalue weighted by Gasteiger charge is -2.20. The Morgan fingerprint density at radius 1 is 1.17 bits per heavy atom. The fourth-order valence-electron chi connectivity index (χ4n) is 1.28. The number of aliphatic imine (C=N–C) groups is 1. The maximum Gasteiger partial charge on any atom is 0.191 e. The van der Waals surface area contributed by atoms with Gasteiger partial charge in [0.2, 0.25) is 0 Å². The quantitative estimate of drug-likeness (QED) is 0.399. The van der Waals surface area contributed by atoms with E-state index in [2.05, 4.69) is 57.2 Å². The lowest BCUT2D eigenvalue weighted by atomic mass is 10.1. The molecule has 0 heterocycles. The summed E-state index contributed by atoms with van der Waals surface area (Å²) < 4.78 is 5.49. The molecule has 0 aromatic rings. The molecule has 0 saturated heterocycles. The van der Waals surface area contributed by atoms with E-state index in [1.807, 2.05) is 0 Å². The Hall–Kier alpha value is -0.770. The summed E-state index contributed by atoms with van der Waals surface area (Å²) in [5.74, 6) is 1.50. The minimum Gasteiger partial charge on any atom is -0.379 e. The van der Waals surface area contributed by atoms with Gasteiger partial charge < -0.3 is 15.4 Å². The third-order valence-electron chi connectivity index (χ3n) is 2.73. The fraction of sp³-hybridized carbons (Fsp3) is 0.929. The number of hydrogen-bond donors (Lipinski definition) is 2. The van der Waals surface area contributed by atoms with Gasteiger partial charge in [-0.15, -0.1) is 0 Å². The summed E-state index contributed by atoms with van der Waals surface area (Å²) in [6, 6.07) is 0.426. The van der Waals surface area contributed by atoms with Crippen molar-refractivity contribution >= 4 is 5.96 Å². The molecule has 1 unspecified atom stereocenters. The summed E-state index contributed by atoms with van der Waals surface area (Å²) in [4.78, 5) is 4.55. The molecular formula is C14H31N3O. The smallest absolute Gasteiger partial charge is 0.191 e. The molecule has 0 aromatic heterocycles. The first-order chi connectivity index (χ1) is 8.47. The van der Waals surface area contributed by atoms with Crippen LogP contribution in [0.4, 0.5) is 0 Å². The van der Waals surface area contributed by atoms with E-state index in [-0.39, 0.29) is 0 Å². The van der Waals surface area contributed by atoms with E-state index in [0.29, 0.717) is 18.1 Å². The SMILES string of the molecule is CCNC(=NCCCOC(C)C)NC(C)C(C)C. The van der Waals surface area contributed by atoms with Crippen LogP contribution in [0.15, 0.2) is 4.99 Å². The maximum atomic E-state index is 5.49. The molecule has 1 atom stereocenters. The molecule has 0 bridgehead atoms. The largest absolute Gasteiger partial charge is 0.379 e. The van der Waals surface area contributed by atoms with Crippen LogP contribution >= 0.6 is 0 Å². The molecule has 0 spiro atoms. The maximum absolute atomic E-state index is 5.49. The molecule has 4 nitrogen and oxygen atoms in total. The van der Waals surface area contributed by atoms with Crippen LogP contribution in [-0.2, 0) is 4.74 Å². The van der Waals surface area contributed by atoms with Crippen LogP contribution in [0.5, 0.6) is 0 Å². The zero-order valence-electron chi connectivity index (χ0n) is 12.9. The van der Waals surface area contributed by atoms with E-state index >= 15 is 0 Å². The summed E-state index contributed by atoms with van der Waals surface area (Å²) in [5, 5.41) is 6.68. The molecule has 0 radical (unpaired) electrons. The lowest BCUT2D eigenvalue weighted by Crippen LogP contribution is -2.44. The second-order valence-corrected chi connectivity index (χ2v) is 5.21. The van der Waals surface area contributed by atoms with Crippen LogP contribution in [-0.4, -0.2) is 37.8 Å². The minimum absolute atomic E-state index is 0.307. The first-order valence-corrected chi connectivity index (χ1v) is 7.13. The standard InChI is InChI=1S/C14H31N3O/c1-7-15-14(17-13(6)11(2)3)16-9-8-10-18-12(4)5/h11-13H,7-10H2,1-6H3,(H2,15,16,17). The van der Waals surface area contributed by atoms with Crippen molar-refractivity contribution in [2.45, 2.75) is 60.1 Å². The van der Waals surface area contributed by atoms with Gasteiger partial charge in [-0.25, -0.2) is 0 Å². The van der Waals surface area contributed by atoms with Crippen molar-refractivity contribution in [2.24, 2.45) is 10.9 Å². The monoisotopic (exact) mass is 257 g/mol. The normalized spacial score (nSPS) is 14.1. The van der Waals surface area contributed by atoms with Gasteiger partial charge >= 0.3 is 0 Å². The van der Waals surface area contributed by atoms with Crippen LogP contribution < -0.4 is 10.6 Å². The lowest BCUT2D eigenvalue weighted by molar-refractivity contribution is 0.0782. The predicted molar refractivity (Wildman–Crippen MR) is 79.1 cm³/mol. The van der Waals surface area contributed by atoms with E-state index < -0.39 is 0 Å². The highest BCUT2D eigenvalue weighted by Gasteiger charge is 2.08. The molecule has 108 valence electrons. The Labute approximate surface area is 113 Å². The van der Waals surface area contributed by atoms with Gasteiger partial charge in [-0.05, 0) is 40.0 Å². The molecule has 0 aromatic carbocycles. The van der Waals surface area contributed by atoms with E-state index in [1.54, 1.807) is 0 Å². The van der Waals surface area contributed by atoms with Crippen LogP contribution in [0.1, 0.15) is 48.0 Å². The van der Waals surface area contributed by atoms with Gasteiger partial charge in [0, 0.05) is 25.7 Å². The molecule has 0 aliphatic rings. The number of ether oxygens (including phenoxy) is 1. The molecule has 0 amide bonds. The Balaban J connectivity index is 3.99.